The Morgan fingerprint density at radius 3 is 2.31 bits per heavy atom. The van der Waals surface area contributed by atoms with Crippen molar-refractivity contribution in [3.8, 4) is 0 Å². The van der Waals surface area contributed by atoms with Gasteiger partial charge < -0.3 is 9.84 Å². The summed E-state index contributed by atoms with van der Waals surface area (Å²) in [5.41, 5.74) is -0.791. The van der Waals surface area contributed by atoms with Crippen LogP contribution in [0.2, 0.25) is 0 Å². The zero-order valence-corrected chi connectivity index (χ0v) is 8.29. The van der Waals surface area contributed by atoms with Gasteiger partial charge in [-0.2, -0.15) is 0 Å². The predicted molar refractivity (Wildman–Crippen MR) is 47.1 cm³/mol. The van der Waals surface area contributed by atoms with E-state index in [1.165, 1.54) is 6.92 Å². The second-order valence-corrected chi connectivity index (χ2v) is 3.62. The van der Waals surface area contributed by atoms with E-state index in [2.05, 4.69) is 0 Å². The Bertz CT molecular complexity index is 196. The molecule has 0 fully saturated rings. The highest BCUT2D eigenvalue weighted by atomic mass is 16.5. The summed E-state index contributed by atoms with van der Waals surface area (Å²) in [6, 6.07) is 0. The van der Waals surface area contributed by atoms with Gasteiger partial charge in [-0.1, -0.05) is 0 Å². The van der Waals surface area contributed by atoms with Gasteiger partial charge in [0.05, 0.1) is 12.0 Å². The molecular formula is C9H16O4. The number of hydrogen-bond donors (Lipinski definition) is 1. The summed E-state index contributed by atoms with van der Waals surface area (Å²) in [6.45, 7) is 4.52. The van der Waals surface area contributed by atoms with Crippen LogP contribution in [0, 0.1) is 5.41 Å². The highest BCUT2D eigenvalue weighted by molar-refractivity contribution is 5.85. The third-order valence-electron chi connectivity index (χ3n) is 1.57. The first-order chi connectivity index (χ1) is 5.90. The highest BCUT2D eigenvalue weighted by Gasteiger charge is 2.30. The molecule has 76 valence electrons. The van der Waals surface area contributed by atoms with E-state index >= 15 is 0 Å². The number of esters is 1. The SMILES string of the molecule is CC(=O)CC(C)(C)C(=O)OCCO. The Balaban J connectivity index is 4.10. The summed E-state index contributed by atoms with van der Waals surface area (Å²) in [5.74, 6) is -0.498. The second-order valence-electron chi connectivity index (χ2n) is 3.62. The third kappa shape index (κ3) is 4.62. The molecule has 0 atom stereocenters. The van der Waals surface area contributed by atoms with Gasteiger partial charge in [0.15, 0.2) is 0 Å². The van der Waals surface area contributed by atoms with Gasteiger partial charge in [0, 0.05) is 6.42 Å². The van der Waals surface area contributed by atoms with Crippen molar-refractivity contribution in [2.75, 3.05) is 13.2 Å². The summed E-state index contributed by atoms with van der Waals surface area (Å²) in [4.78, 5) is 22.1. The first-order valence-electron chi connectivity index (χ1n) is 4.17. The fourth-order valence-electron chi connectivity index (χ4n) is 1.03. The number of hydrogen-bond acceptors (Lipinski definition) is 4. The molecule has 0 aliphatic carbocycles. The van der Waals surface area contributed by atoms with E-state index in [1.54, 1.807) is 13.8 Å². The average Bonchev–Trinajstić information content (AvgIpc) is 1.97. The number of aliphatic hydroxyl groups excluding tert-OH is 1. The van der Waals surface area contributed by atoms with Crippen molar-refractivity contribution in [2.24, 2.45) is 5.41 Å². The molecule has 1 N–H and O–H groups in total. The molecule has 0 aliphatic rings. The first-order valence-corrected chi connectivity index (χ1v) is 4.17. The van der Waals surface area contributed by atoms with Crippen LogP contribution in [0.25, 0.3) is 0 Å². The maximum atomic E-state index is 11.3. The van der Waals surface area contributed by atoms with Gasteiger partial charge in [-0.05, 0) is 20.8 Å². The Morgan fingerprint density at radius 1 is 1.38 bits per heavy atom. The zero-order valence-electron chi connectivity index (χ0n) is 8.29. The lowest BCUT2D eigenvalue weighted by molar-refractivity contribution is -0.156. The highest BCUT2D eigenvalue weighted by Crippen LogP contribution is 2.22. The van der Waals surface area contributed by atoms with Crippen LogP contribution in [0.3, 0.4) is 0 Å². The summed E-state index contributed by atoms with van der Waals surface area (Å²) in [6.07, 6.45) is 0.164. The van der Waals surface area contributed by atoms with Crippen molar-refractivity contribution >= 4 is 11.8 Å². The lowest BCUT2D eigenvalue weighted by atomic mass is 9.88. The summed E-state index contributed by atoms with van der Waals surface area (Å²) in [7, 11) is 0. The largest absolute Gasteiger partial charge is 0.463 e. The first kappa shape index (κ1) is 12.1. The average molecular weight is 188 g/mol. The summed E-state index contributed by atoms with van der Waals surface area (Å²) >= 11 is 0. The van der Waals surface area contributed by atoms with Crippen LogP contribution in [0.4, 0.5) is 0 Å². The minimum Gasteiger partial charge on any atom is -0.463 e. The molecular weight excluding hydrogens is 172 g/mol. The number of aliphatic hydroxyl groups is 1. The topological polar surface area (TPSA) is 63.6 Å². The van der Waals surface area contributed by atoms with E-state index in [0.29, 0.717) is 0 Å². The molecule has 0 bridgehead atoms. The standard InChI is InChI=1S/C9H16O4/c1-7(11)6-9(2,3)8(12)13-5-4-10/h10H,4-6H2,1-3H3. The third-order valence-corrected chi connectivity index (χ3v) is 1.57. The van der Waals surface area contributed by atoms with Crippen molar-refractivity contribution in [3.05, 3.63) is 0 Å². The van der Waals surface area contributed by atoms with Crippen LogP contribution >= 0.6 is 0 Å². The Hall–Kier alpha value is -0.900. The Morgan fingerprint density at radius 2 is 1.92 bits per heavy atom. The van der Waals surface area contributed by atoms with E-state index in [-0.39, 0.29) is 25.4 Å². The smallest absolute Gasteiger partial charge is 0.312 e. The monoisotopic (exact) mass is 188 g/mol. The van der Waals surface area contributed by atoms with Gasteiger partial charge >= 0.3 is 5.97 Å². The normalized spacial score (nSPS) is 11.1. The van der Waals surface area contributed by atoms with Gasteiger partial charge in [-0.15, -0.1) is 0 Å². The van der Waals surface area contributed by atoms with Gasteiger partial charge in [0.25, 0.3) is 0 Å². The van der Waals surface area contributed by atoms with Gasteiger partial charge in [-0.3, -0.25) is 9.59 Å². The van der Waals surface area contributed by atoms with Crippen molar-refractivity contribution < 1.29 is 19.4 Å². The lowest BCUT2D eigenvalue weighted by Crippen LogP contribution is -2.29. The molecule has 0 saturated heterocycles. The van der Waals surface area contributed by atoms with E-state index in [4.69, 9.17) is 9.84 Å². The number of ketones is 1. The number of ether oxygens (including phenoxy) is 1. The molecule has 0 aromatic heterocycles. The summed E-state index contributed by atoms with van der Waals surface area (Å²) in [5, 5.41) is 8.42. The number of carbonyl (C=O) groups is 2. The quantitative estimate of drug-likeness (QED) is 0.639. The molecule has 4 heteroatoms. The molecule has 0 unspecified atom stereocenters. The van der Waals surface area contributed by atoms with Crippen LogP contribution < -0.4 is 0 Å². The van der Waals surface area contributed by atoms with Crippen molar-refractivity contribution in [3.63, 3.8) is 0 Å². The molecule has 0 heterocycles. The molecule has 0 radical (unpaired) electrons. The fraction of sp³-hybridized carbons (Fsp3) is 0.778. The van der Waals surface area contributed by atoms with Crippen LogP contribution in [0.15, 0.2) is 0 Å². The molecule has 0 spiro atoms. The van der Waals surface area contributed by atoms with Crippen LogP contribution in [0.1, 0.15) is 27.2 Å². The predicted octanol–water partition coefficient (Wildman–Crippen LogP) is 0.527. The van der Waals surface area contributed by atoms with Gasteiger partial charge in [0.1, 0.15) is 12.4 Å². The zero-order chi connectivity index (χ0) is 10.5. The Labute approximate surface area is 77.9 Å². The van der Waals surface area contributed by atoms with Crippen LogP contribution in [0.5, 0.6) is 0 Å². The van der Waals surface area contributed by atoms with Gasteiger partial charge in [-0.25, -0.2) is 0 Å². The van der Waals surface area contributed by atoms with E-state index < -0.39 is 11.4 Å². The molecule has 0 saturated carbocycles. The molecule has 0 aliphatic heterocycles. The number of rotatable bonds is 5. The van der Waals surface area contributed by atoms with Crippen LogP contribution in [-0.4, -0.2) is 30.1 Å². The summed E-state index contributed by atoms with van der Waals surface area (Å²) < 4.78 is 4.72. The van der Waals surface area contributed by atoms with Gasteiger partial charge in [0.2, 0.25) is 0 Å². The van der Waals surface area contributed by atoms with Crippen molar-refractivity contribution in [1.29, 1.82) is 0 Å². The molecule has 4 nitrogen and oxygen atoms in total. The number of carbonyl (C=O) groups excluding carboxylic acids is 2. The van der Waals surface area contributed by atoms with E-state index in [1.807, 2.05) is 0 Å². The maximum Gasteiger partial charge on any atom is 0.312 e. The minimum atomic E-state index is -0.791. The van der Waals surface area contributed by atoms with E-state index in [9.17, 15) is 9.59 Å². The molecule has 0 aromatic carbocycles. The molecule has 0 amide bonds. The molecule has 0 rings (SSSR count). The fourth-order valence-corrected chi connectivity index (χ4v) is 1.03. The Kier molecular flexibility index (Phi) is 4.62. The van der Waals surface area contributed by atoms with Crippen molar-refractivity contribution in [1.82, 2.24) is 0 Å². The van der Waals surface area contributed by atoms with E-state index in [0.717, 1.165) is 0 Å². The lowest BCUT2D eigenvalue weighted by Gasteiger charge is -2.20. The number of Topliss-reactive ketones (excluding diaryl/α,β-unsaturated/α-hetero) is 1. The maximum absolute atomic E-state index is 11.3. The molecule has 13 heavy (non-hydrogen) atoms. The minimum absolute atomic E-state index is 0.0137. The second kappa shape index (κ2) is 4.97. The molecule has 0 aromatic rings. The van der Waals surface area contributed by atoms with Crippen LogP contribution in [-0.2, 0) is 14.3 Å². The van der Waals surface area contributed by atoms with Crippen molar-refractivity contribution in [2.45, 2.75) is 27.2 Å².